The Balaban J connectivity index is 0.00000128. The van der Waals surface area contributed by atoms with Crippen LogP contribution in [0.3, 0.4) is 0 Å². The molecule has 0 saturated carbocycles. The fraction of sp³-hybridized carbons (Fsp3) is 0.143. The van der Waals surface area contributed by atoms with Crippen molar-refractivity contribution in [2.24, 2.45) is 0 Å². The van der Waals surface area contributed by atoms with E-state index in [1.165, 1.54) is 0 Å². The van der Waals surface area contributed by atoms with Crippen LogP contribution >= 0.6 is 0 Å². The summed E-state index contributed by atoms with van der Waals surface area (Å²) in [6.45, 7) is 2.02. The number of rotatable bonds is 2. The molecule has 80 valence electrons. The van der Waals surface area contributed by atoms with Crippen molar-refractivity contribution in [2.45, 2.75) is 13.0 Å². The average Bonchev–Trinajstić information content (AvgIpc) is 2.29. The van der Waals surface area contributed by atoms with Crippen LogP contribution in [-0.2, 0) is 0 Å². The second-order valence-corrected chi connectivity index (χ2v) is 3.65. The standard InChI is InChI=1S/C14H13O.U/c1-11-6-5-9-13(10-11)14(15)12-7-3-2-4-8-12;/h3-10,14-15H,1H3;/q-1;. The summed E-state index contributed by atoms with van der Waals surface area (Å²) in [6, 6.07) is 18.3. The maximum atomic E-state index is 10.1. The van der Waals surface area contributed by atoms with Crippen molar-refractivity contribution in [2.75, 3.05) is 0 Å². The van der Waals surface area contributed by atoms with Gasteiger partial charge in [0, 0.05) is 31.1 Å². The predicted molar refractivity (Wildman–Crippen MR) is 60.5 cm³/mol. The van der Waals surface area contributed by atoms with Gasteiger partial charge in [-0.05, 0) is 12.5 Å². The van der Waals surface area contributed by atoms with Gasteiger partial charge in [0.25, 0.3) is 0 Å². The van der Waals surface area contributed by atoms with Crippen molar-refractivity contribution in [3.05, 3.63) is 71.3 Å². The van der Waals surface area contributed by atoms with E-state index in [1.807, 2.05) is 55.5 Å². The first-order valence-electron chi connectivity index (χ1n) is 4.98. The molecule has 0 radical (unpaired) electrons. The Morgan fingerprint density at radius 2 is 1.75 bits per heavy atom. The minimum atomic E-state index is -0.542. The van der Waals surface area contributed by atoms with Gasteiger partial charge in [-0.2, -0.15) is 30.3 Å². The summed E-state index contributed by atoms with van der Waals surface area (Å²) in [5, 5.41) is 10.1. The normalized spacial score (nSPS) is 11.6. The Labute approximate surface area is 120 Å². The van der Waals surface area contributed by atoms with Gasteiger partial charge in [0.2, 0.25) is 0 Å². The second kappa shape index (κ2) is 6.25. The molecule has 0 aromatic heterocycles. The molecule has 1 atom stereocenters. The summed E-state index contributed by atoms with van der Waals surface area (Å²) in [7, 11) is 0. The molecule has 2 aromatic rings. The Bertz CT molecular complexity index is 439. The van der Waals surface area contributed by atoms with E-state index in [-0.39, 0.29) is 31.1 Å². The zero-order valence-electron chi connectivity index (χ0n) is 9.14. The Morgan fingerprint density at radius 1 is 1.06 bits per heavy atom. The first-order chi connectivity index (χ1) is 7.27. The molecule has 1 N–H and O–H groups in total. The van der Waals surface area contributed by atoms with Gasteiger partial charge in [0.1, 0.15) is 0 Å². The Hall–Kier alpha value is -0.548. The van der Waals surface area contributed by atoms with Crippen LogP contribution in [0, 0.1) is 44.1 Å². The van der Waals surface area contributed by atoms with Crippen molar-refractivity contribution in [1.82, 2.24) is 0 Å². The molecule has 2 aromatic carbocycles. The van der Waals surface area contributed by atoms with Crippen molar-refractivity contribution >= 4 is 0 Å². The molecule has 2 rings (SSSR count). The molecule has 0 bridgehead atoms. The summed E-state index contributed by atoms with van der Waals surface area (Å²) in [5.41, 5.74) is 2.99. The van der Waals surface area contributed by atoms with Crippen LogP contribution in [0.2, 0.25) is 0 Å². The van der Waals surface area contributed by atoms with Crippen LogP contribution in [-0.4, -0.2) is 5.11 Å². The smallest absolute Gasteiger partial charge is 0.0821 e. The average molecular weight is 435 g/mol. The van der Waals surface area contributed by atoms with Crippen LogP contribution in [0.4, 0.5) is 0 Å². The van der Waals surface area contributed by atoms with Gasteiger partial charge in [-0.25, -0.2) is 0 Å². The molecule has 0 aliphatic heterocycles. The maximum absolute atomic E-state index is 10.1. The number of hydrogen-bond acceptors (Lipinski definition) is 1. The van der Waals surface area contributed by atoms with E-state index in [0.717, 1.165) is 16.7 Å². The van der Waals surface area contributed by atoms with E-state index in [4.69, 9.17) is 0 Å². The number of aliphatic hydroxyl groups excluding tert-OH is 1. The molecule has 0 saturated heterocycles. The van der Waals surface area contributed by atoms with Gasteiger partial charge >= 0.3 is 0 Å². The minimum Gasteiger partial charge on any atom is -0.386 e. The molecule has 0 amide bonds. The molecule has 0 aliphatic rings. The van der Waals surface area contributed by atoms with E-state index >= 15 is 0 Å². The molecule has 0 aliphatic carbocycles. The monoisotopic (exact) mass is 435 g/mol. The number of hydrogen-bond donors (Lipinski definition) is 1. The fourth-order valence-electron chi connectivity index (χ4n) is 1.61. The maximum Gasteiger partial charge on any atom is 0.0821 e. The van der Waals surface area contributed by atoms with E-state index in [9.17, 15) is 5.11 Å². The molecular formula is C14H13OU-. The number of aryl methyl sites for hydroxylation is 1. The van der Waals surface area contributed by atoms with E-state index in [2.05, 4.69) is 6.07 Å². The molecule has 2 heteroatoms. The third kappa shape index (κ3) is 3.22. The summed E-state index contributed by atoms with van der Waals surface area (Å²) in [5.74, 6) is 0. The van der Waals surface area contributed by atoms with Crippen molar-refractivity contribution in [3.8, 4) is 0 Å². The molecule has 16 heavy (non-hydrogen) atoms. The van der Waals surface area contributed by atoms with Gasteiger partial charge in [-0.3, -0.25) is 0 Å². The summed E-state index contributed by atoms with van der Waals surface area (Å²) in [6.07, 6.45) is -0.542. The van der Waals surface area contributed by atoms with Crippen LogP contribution in [0.25, 0.3) is 0 Å². The summed E-state index contributed by atoms with van der Waals surface area (Å²) >= 11 is 0. The minimum absolute atomic E-state index is 0. The Morgan fingerprint density at radius 3 is 2.38 bits per heavy atom. The van der Waals surface area contributed by atoms with Crippen LogP contribution in [0.5, 0.6) is 0 Å². The third-order valence-electron chi connectivity index (χ3n) is 2.42. The fourth-order valence-corrected chi connectivity index (χ4v) is 1.61. The molecule has 1 unspecified atom stereocenters. The van der Waals surface area contributed by atoms with Gasteiger partial charge in [0.05, 0.1) is 6.10 Å². The van der Waals surface area contributed by atoms with E-state index < -0.39 is 6.10 Å². The SMILES string of the molecule is Cc1cccc(C(O)c2cc[c-]cc2)c1.[U]. The van der Waals surface area contributed by atoms with Gasteiger partial charge in [-0.1, -0.05) is 29.8 Å². The summed E-state index contributed by atoms with van der Waals surface area (Å²) < 4.78 is 0. The van der Waals surface area contributed by atoms with Crippen molar-refractivity contribution in [1.29, 1.82) is 0 Å². The first kappa shape index (κ1) is 13.5. The van der Waals surface area contributed by atoms with Gasteiger partial charge in [0.15, 0.2) is 0 Å². The Kier molecular flexibility index (Phi) is 5.28. The predicted octanol–water partition coefficient (Wildman–Crippen LogP) is 2.88. The van der Waals surface area contributed by atoms with Crippen LogP contribution in [0.1, 0.15) is 22.8 Å². The van der Waals surface area contributed by atoms with E-state index in [0.29, 0.717) is 0 Å². The number of benzene rings is 2. The van der Waals surface area contributed by atoms with Gasteiger partial charge in [-0.15, -0.1) is 5.56 Å². The van der Waals surface area contributed by atoms with E-state index in [1.54, 1.807) is 0 Å². The molecule has 0 fully saturated rings. The first-order valence-corrected chi connectivity index (χ1v) is 4.98. The van der Waals surface area contributed by atoms with Crippen molar-refractivity contribution in [3.63, 3.8) is 0 Å². The van der Waals surface area contributed by atoms with Crippen molar-refractivity contribution < 1.29 is 36.2 Å². The van der Waals surface area contributed by atoms with Crippen LogP contribution < -0.4 is 0 Å². The second-order valence-electron chi connectivity index (χ2n) is 3.65. The zero-order chi connectivity index (χ0) is 10.7. The molecule has 0 heterocycles. The topological polar surface area (TPSA) is 20.2 Å². The number of aliphatic hydroxyl groups is 1. The zero-order valence-corrected chi connectivity index (χ0v) is 13.3. The largest absolute Gasteiger partial charge is 0.386 e. The quantitative estimate of drug-likeness (QED) is 0.720. The molecule has 0 spiro atoms. The van der Waals surface area contributed by atoms with Gasteiger partial charge < -0.3 is 5.11 Å². The third-order valence-corrected chi connectivity index (χ3v) is 2.42. The summed E-state index contributed by atoms with van der Waals surface area (Å²) in [4.78, 5) is 0. The van der Waals surface area contributed by atoms with Crippen LogP contribution in [0.15, 0.2) is 48.5 Å². The molecular weight excluding hydrogens is 422 g/mol. The molecule has 1 nitrogen and oxygen atoms in total.